The number of nitrogens with one attached hydrogen (secondary N) is 8. The van der Waals surface area contributed by atoms with Gasteiger partial charge < -0.3 is 86.6 Å². The van der Waals surface area contributed by atoms with Crippen molar-refractivity contribution in [2.45, 2.75) is 231 Å². The quantitative estimate of drug-likeness (QED) is 0.0328. The summed E-state index contributed by atoms with van der Waals surface area (Å²) in [6, 6.07) is 2.71. The molecule has 1 aliphatic heterocycles. The lowest BCUT2D eigenvalue weighted by molar-refractivity contribution is -0.149. The summed E-state index contributed by atoms with van der Waals surface area (Å²) in [7, 11) is 8.26. The van der Waals surface area contributed by atoms with E-state index in [4.69, 9.17) is 29.4 Å². The SMILES string of the molecule is CC[C@H](C)[C@@H]([C@@H](CC(=O)N1CCCC[C@H]1[C@H](OC)[C@@H](C)C(=O)N[C@@H](Cc1ccccc1)C(=O)NCCCOC(=O)C(C)NC(=O)CCC(NC(=O)CCNC(=O)OCC(NC(C)(CO)CCN)C(=O)NC(C)(C)CCOC(C)(C)C)C(=O)O)OC)N(C)C(=O)CNC(=O)C(C(C)C)N(C)C. The van der Waals surface area contributed by atoms with E-state index in [9.17, 15) is 63.0 Å². The molecule has 0 aromatic heterocycles. The largest absolute Gasteiger partial charge is 0.480 e. The van der Waals surface area contributed by atoms with Crippen LogP contribution >= 0.6 is 0 Å². The van der Waals surface area contributed by atoms with Crippen molar-refractivity contribution in [1.29, 1.82) is 0 Å². The van der Waals surface area contributed by atoms with Crippen molar-refractivity contribution in [3.8, 4) is 0 Å². The first-order valence-electron chi connectivity index (χ1n) is 35.0. The highest BCUT2D eigenvalue weighted by Gasteiger charge is 2.42. The molecule has 0 saturated carbocycles. The monoisotopic (exact) mass is 1420 g/mol. The summed E-state index contributed by atoms with van der Waals surface area (Å²) in [5.41, 5.74) is 4.40. The fourth-order valence-corrected chi connectivity index (χ4v) is 12.0. The van der Waals surface area contributed by atoms with Crippen molar-refractivity contribution < 1.29 is 86.6 Å². The molecule has 30 nitrogen and oxygen atoms in total. The molecule has 30 heteroatoms. The van der Waals surface area contributed by atoms with Crippen LogP contribution in [0.25, 0.3) is 0 Å². The first-order chi connectivity index (χ1) is 46.9. The summed E-state index contributed by atoms with van der Waals surface area (Å²) in [6.45, 7) is 21.3. The topological polar surface area (TPSA) is 406 Å². The Labute approximate surface area is 592 Å². The fourth-order valence-electron chi connectivity index (χ4n) is 12.0. The number of piperidine rings is 1. The molecule has 9 amide bonds. The summed E-state index contributed by atoms with van der Waals surface area (Å²) < 4.78 is 28.6. The predicted molar refractivity (Wildman–Crippen MR) is 376 cm³/mol. The van der Waals surface area contributed by atoms with Gasteiger partial charge >= 0.3 is 18.0 Å². The molecule has 12 N–H and O–H groups in total. The molecular weight excluding hydrogens is 1300 g/mol. The van der Waals surface area contributed by atoms with Crippen LogP contribution in [-0.4, -0.2) is 256 Å². The van der Waals surface area contributed by atoms with Crippen molar-refractivity contribution in [3.63, 3.8) is 0 Å². The molecule has 5 unspecified atom stereocenters. The Bertz CT molecular complexity index is 2750. The van der Waals surface area contributed by atoms with E-state index in [1.807, 2.05) is 112 Å². The van der Waals surface area contributed by atoms with E-state index in [0.717, 1.165) is 12.0 Å². The highest BCUT2D eigenvalue weighted by molar-refractivity contribution is 5.90. The molecule has 100 heavy (non-hydrogen) atoms. The van der Waals surface area contributed by atoms with Gasteiger partial charge in [0.25, 0.3) is 0 Å². The van der Waals surface area contributed by atoms with Crippen LogP contribution in [0.4, 0.5) is 4.79 Å². The average Bonchev–Trinajstić information content (AvgIpc) is 0.810. The molecule has 1 aromatic carbocycles. The second-order valence-corrected chi connectivity index (χ2v) is 28.5. The second kappa shape index (κ2) is 44.3. The van der Waals surface area contributed by atoms with E-state index in [0.29, 0.717) is 38.8 Å². The molecule has 1 saturated heterocycles. The zero-order chi connectivity index (χ0) is 75.7. The maximum Gasteiger partial charge on any atom is 0.407 e. The smallest absolute Gasteiger partial charge is 0.407 e. The number of aliphatic carboxylic acids is 1. The van der Waals surface area contributed by atoms with Crippen LogP contribution in [0.5, 0.6) is 0 Å². The summed E-state index contributed by atoms with van der Waals surface area (Å²) in [6.07, 6.45) is -0.0522. The van der Waals surface area contributed by atoms with Crippen LogP contribution < -0.4 is 48.3 Å². The minimum Gasteiger partial charge on any atom is -0.480 e. The van der Waals surface area contributed by atoms with Crippen LogP contribution in [0.15, 0.2) is 30.3 Å². The third-order valence-corrected chi connectivity index (χ3v) is 17.8. The number of benzene rings is 1. The van der Waals surface area contributed by atoms with Crippen LogP contribution in [-0.2, 0) is 78.1 Å². The number of carbonyl (C=O) groups is 11. The van der Waals surface area contributed by atoms with Crippen LogP contribution in [0.3, 0.4) is 0 Å². The summed E-state index contributed by atoms with van der Waals surface area (Å²) in [5.74, 6) is -7.06. The van der Waals surface area contributed by atoms with E-state index < -0.39 is 132 Å². The number of methoxy groups -OCH3 is 2. The normalized spacial score (nSPS) is 17.1. The number of alkyl carbamates (subject to hydrolysis) is 1. The van der Waals surface area contributed by atoms with E-state index in [2.05, 4.69) is 42.5 Å². The van der Waals surface area contributed by atoms with Crippen molar-refractivity contribution in [3.05, 3.63) is 35.9 Å². The predicted octanol–water partition coefficient (Wildman–Crippen LogP) is 1.90. The van der Waals surface area contributed by atoms with Crippen LogP contribution in [0.2, 0.25) is 0 Å². The Morgan fingerprint density at radius 2 is 1.40 bits per heavy atom. The number of carboxylic acids is 1. The van der Waals surface area contributed by atoms with Gasteiger partial charge in [-0.3, -0.25) is 48.6 Å². The van der Waals surface area contributed by atoms with Crippen molar-refractivity contribution in [2.75, 3.05) is 94.5 Å². The number of hydrogen-bond donors (Lipinski definition) is 11. The average molecular weight is 1420 g/mol. The number of aliphatic hydroxyl groups is 1. The fraction of sp³-hybridized carbons (Fsp3) is 0.757. The Balaban J connectivity index is 2.00. The first-order valence-corrected chi connectivity index (χ1v) is 35.0. The van der Waals surface area contributed by atoms with E-state index in [1.54, 1.807) is 30.7 Å². The molecule has 0 bridgehead atoms. The molecule has 0 radical (unpaired) electrons. The van der Waals surface area contributed by atoms with Crippen molar-refractivity contribution in [2.24, 2.45) is 23.5 Å². The molecule has 570 valence electrons. The van der Waals surface area contributed by atoms with Crippen molar-refractivity contribution in [1.82, 2.24) is 57.2 Å². The lowest BCUT2D eigenvalue weighted by Crippen LogP contribution is -2.61. The lowest BCUT2D eigenvalue weighted by atomic mass is 9.87. The third-order valence-electron chi connectivity index (χ3n) is 17.8. The lowest BCUT2D eigenvalue weighted by Gasteiger charge is -2.43. The van der Waals surface area contributed by atoms with Crippen LogP contribution in [0, 0.1) is 17.8 Å². The number of nitrogens with two attached hydrogens (primary N) is 1. The van der Waals surface area contributed by atoms with Gasteiger partial charge in [0.1, 0.15) is 30.8 Å². The van der Waals surface area contributed by atoms with Gasteiger partial charge in [0.2, 0.25) is 47.3 Å². The van der Waals surface area contributed by atoms with E-state index in [-0.39, 0.29) is 113 Å². The van der Waals surface area contributed by atoms with Gasteiger partial charge in [0.15, 0.2) is 0 Å². The minimum absolute atomic E-state index is 0.00527. The number of esters is 1. The highest BCUT2D eigenvalue weighted by atomic mass is 16.6. The van der Waals surface area contributed by atoms with E-state index >= 15 is 0 Å². The Morgan fingerprint density at radius 3 is 1.98 bits per heavy atom. The molecule has 0 spiro atoms. The van der Waals surface area contributed by atoms with Crippen LogP contribution in [0.1, 0.15) is 159 Å². The van der Waals surface area contributed by atoms with Crippen molar-refractivity contribution >= 4 is 65.3 Å². The van der Waals surface area contributed by atoms with Gasteiger partial charge in [0.05, 0.1) is 68.0 Å². The molecule has 0 aliphatic carbocycles. The Morgan fingerprint density at radius 1 is 0.740 bits per heavy atom. The first kappa shape index (κ1) is 89.0. The van der Waals surface area contributed by atoms with Gasteiger partial charge in [-0.05, 0) is 131 Å². The molecular formula is C70H122N12O18. The summed E-state index contributed by atoms with van der Waals surface area (Å²) in [4.78, 5) is 152. The number of likely N-dealkylation sites (N-methyl/N-ethyl adjacent to an activating group) is 2. The minimum atomic E-state index is -1.52. The number of carboxylic acid groups (broad SMARTS) is 1. The van der Waals surface area contributed by atoms with Gasteiger partial charge in [-0.15, -0.1) is 0 Å². The number of nitrogens with zero attached hydrogens (tertiary/aromatic N) is 3. The molecule has 12 atom stereocenters. The standard InChI is InChI=1S/C70H122N12O18/c1-18-45(4)59(81(15)57(87)41-74-64(91)58(44(2)3)80(13)14)53(96-16)40-56(86)82-36-23-22-27-52(82)60(97-17)46(5)61(88)77-50(39-48-25-20-19-21-26-48)62(89)72-34-24-37-98-66(94)47(6)75-54(84)29-28-49(65(92)93)76-55(85)30-35-73-67(95)99-42-51(78-70(12,43-83)31-33-71)63(90)79-69(10,11)32-38-100-68(7,8)9/h19-21,25-26,44-47,49-53,58-60,78,83H,18,22-24,27-43,71H2,1-17H3,(H,72,89)(H,73,95)(H,74,91)(H,75,84)(H,76,85)(H,77,88)(H,79,90)(H,92,93)/t45-,46+,47?,49?,50-,51?,52-,53+,58?,59-,60+,70?/m0/s1. The molecule has 1 aliphatic rings. The molecule has 2 rings (SSSR count). The number of aliphatic hydroxyl groups excluding tert-OH is 1. The number of ether oxygens (including phenoxy) is 5. The number of hydrogen-bond acceptors (Lipinski definition) is 20. The Kier molecular flexibility index (Phi) is 39.4. The van der Waals surface area contributed by atoms with Gasteiger partial charge in [-0.2, -0.15) is 0 Å². The third kappa shape index (κ3) is 31.8. The Hall–Kier alpha value is -7.09. The van der Waals surface area contributed by atoms with E-state index in [1.165, 1.54) is 21.1 Å². The number of amides is 9. The zero-order valence-corrected chi connectivity index (χ0v) is 62.5. The van der Waals surface area contributed by atoms with Gasteiger partial charge in [-0.25, -0.2) is 14.4 Å². The second-order valence-electron chi connectivity index (χ2n) is 28.5. The van der Waals surface area contributed by atoms with Gasteiger partial charge in [-0.1, -0.05) is 71.4 Å². The maximum absolute atomic E-state index is 14.6. The summed E-state index contributed by atoms with van der Waals surface area (Å²) >= 11 is 0. The number of carbonyl (C=O) groups excluding carboxylic acids is 10. The number of likely N-dealkylation sites (tertiary alicyclic amines) is 1. The maximum atomic E-state index is 14.6. The highest BCUT2D eigenvalue weighted by Crippen LogP contribution is 2.29. The molecule has 1 heterocycles. The zero-order valence-electron chi connectivity index (χ0n) is 62.5. The van der Waals surface area contributed by atoms with Gasteiger partial charge in [0, 0.05) is 77.8 Å². The summed E-state index contributed by atoms with van der Waals surface area (Å²) in [5, 5.41) is 41.6. The number of rotatable bonds is 46. The molecule has 1 aromatic rings. The molecule has 1 fully saturated rings.